The molecule has 296 valence electrons. The topological polar surface area (TPSA) is 292 Å². The molecule has 4 aromatic carbocycles. The van der Waals surface area contributed by atoms with Gasteiger partial charge < -0.3 is 50.2 Å². The average Bonchev–Trinajstić information content (AvgIpc) is 3.22. The molecule has 0 atom stereocenters. The number of nitrogens with one attached hydrogen (secondary N) is 2. The van der Waals surface area contributed by atoms with Gasteiger partial charge in [0.05, 0.1) is 83.8 Å². The number of azo groups is 2. The molecule has 6 rings (SSSR count). The van der Waals surface area contributed by atoms with Gasteiger partial charge in [0.1, 0.15) is 11.5 Å². The minimum absolute atomic E-state index is 0.0225. The Morgan fingerprint density at radius 2 is 0.948 bits per heavy atom. The largest absolute Gasteiger partial charge is 0.494 e. The van der Waals surface area contributed by atoms with E-state index in [0.29, 0.717) is 66.5 Å². The maximum Gasteiger partial charge on any atom is 0.335 e. The number of rotatable bonds is 15. The Labute approximate surface area is 327 Å². The number of carbonyl (C=O) groups is 4. The predicted octanol–water partition coefficient (Wildman–Crippen LogP) is 6.84. The summed E-state index contributed by atoms with van der Waals surface area (Å²) in [5.41, 5.74) is 0.498. The minimum Gasteiger partial charge on any atom is -0.494 e. The van der Waals surface area contributed by atoms with Gasteiger partial charge in [0, 0.05) is 25.2 Å². The van der Waals surface area contributed by atoms with Gasteiger partial charge in [-0.1, -0.05) is 0 Å². The molecule has 2 heterocycles. The van der Waals surface area contributed by atoms with E-state index in [2.05, 4.69) is 46.0 Å². The lowest BCUT2D eigenvalue weighted by Gasteiger charge is -2.27. The summed E-state index contributed by atoms with van der Waals surface area (Å²) in [6, 6.07) is 16.4. The molecule has 0 radical (unpaired) electrons. The van der Waals surface area contributed by atoms with E-state index in [1.165, 1.54) is 38.5 Å². The molecule has 1 aromatic heterocycles. The fourth-order valence-electron chi connectivity index (χ4n) is 5.38. The Morgan fingerprint density at radius 1 is 0.569 bits per heavy atom. The molecular weight excluding hydrogens is 760 g/mol. The van der Waals surface area contributed by atoms with Gasteiger partial charge in [0.25, 0.3) is 0 Å². The molecule has 1 fully saturated rings. The van der Waals surface area contributed by atoms with Gasteiger partial charge in [-0.2, -0.15) is 35.4 Å². The quantitative estimate of drug-likeness (QED) is 0.0591. The van der Waals surface area contributed by atoms with Crippen molar-refractivity contribution in [2.75, 3.05) is 56.1 Å². The van der Waals surface area contributed by atoms with Gasteiger partial charge in [-0.05, 0) is 60.7 Å². The minimum atomic E-state index is -1.32. The van der Waals surface area contributed by atoms with Crippen LogP contribution in [0.4, 0.5) is 52.0 Å². The van der Waals surface area contributed by atoms with Crippen molar-refractivity contribution in [3.8, 4) is 11.5 Å². The van der Waals surface area contributed by atoms with E-state index >= 15 is 0 Å². The smallest absolute Gasteiger partial charge is 0.335 e. The number of carboxylic acids is 4. The Morgan fingerprint density at radius 3 is 1.31 bits per heavy atom. The SMILES string of the molecule is COc1cc(N=Nc2cc(C(=O)O)cc(C(=O)O)c2)ccc1Nc1nc(Nc2ccc(N=Nc3cc(C(=O)O)cc(C(=O)O)c3)cc2OC)nc(N2CCOCC2)n1. The van der Waals surface area contributed by atoms with Crippen LogP contribution in [-0.4, -0.2) is 99.8 Å². The first kappa shape index (κ1) is 39.6. The molecule has 1 aliphatic heterocycles. The zero-order valence-corrected chi connectivity index (χ0v) is 30.5. The first-order valence-electron chi connectivity index (χ1n) is 16.9. The van der Waals surface area contributed by atoms with Gasteiger partial charge in [-0.3, -0.25) is 0 Å². The van der Waals surface area contributed by atoms with Crippen molar-refractivity contribution < 1.29 is 53.8 Å². The highest BCUT2D eigenvalue weighted by Gasteiger charge is 2.19. The van der Waals surface area contributed by atoms with Crippen LogP contribution in [0.15, 0.2) is 93.3 Å². The van der Waals surface area contributed by atoms with Gasteiger partial charge in [0.15, 0.2) is 0 Å². The summed E-state index contributed by atoms with van der Waals surface area (Å²) >= 11 is 0. The lowest BCUT2D eigenvalue weighted by molar-refractivity contribution is 0.0676. The third kappa shape index (κ3) is 9.77. The summed E-state index contributed by atoms with van der Waals surface area (Å²) < 4.78 is 16.7. The van der Waals surface area contributed by atoms with Crippen LogP contribution in [0.1, 0.15) is 41.4 Å². The Hall–Kier alpha value is -8.07. The monoisotopic (exact) mass is 792 g/mol. The highest BCUT2D eigenvalue weighted by atomic mass is 16.5. The summed E-state index contributed by atoms with van der Waals surface area (Å²) in [6.45, 7) is 1.95. The van der Waals surface area contributed by atoms with Gasteiger partial charge in [-0.15, -0.1) is 0 Å². The third-order valence-electron chi connectivity index (χ3n) is 8.17. The lowest BCUT2D eigenvalue weighted by atomic mass is 10.1. The molecule has 6 N–H and O–H groups in total. The highest BCUT2D eigenvalue weighted by Crippen LogP contribution is 2.35. The number of aromatic nitrogens is 3. The van der Waals surface area contributed by atoms with Gasteiger partial charge in [-0.25, -0.2) is 19.2 Å². The Bertz CT molecular complexity index is 2250. The number of carboxylic acid groups (broad SMARTS) is 4. The summed E-state index contributed by atoms with van der Waals surface area (Å²) in [5, 5.41) is 60.1. The van der Waals surface area contributed by atoms with E-state index in [1.807, 2.05) is 4.90 Å². The second-order valence-corrected chi connectivity index (χ2v) is 12.1. The van der Waals surface area contributed by atoms with Crippen molar-refractivity contribution in [3.05, 3.63) is 95.1 Å². The Balaban J connectivity index is 1.26. The lowest BCUT2D eigenvalue weighted by Crippen LogP contribution is -2.37. The van der Waals surface area contributed by atoms with Gasteiger partial charge in [0.2, 0.25) is 17.8 Å². The van der Waals surface area contributed by atoms with Crippen LogP contribution in [0.5, 0.6) is 11.5 Å². The molecule has 0 bridgehead atoms. The van der Waals surface area contributed by atoms with Crippen LogP contribution in [0.25, 0.3) is 0 Å². The van der Waals surface area contributed by atoms with E-state index in [4.69, 9.17) is 14.2 Å². The zero-order valence-electron chi connectivity index (χ0n) is 30.5. The second kappa shape index (κ2) is 17.6. The summed E-state index contributed by atoms with van der Waals surface area (Å²) in [7, 11) is 2.87. The molecule has 21 nitrogen and oxygen atoms in total. The van der Waals surface area contributed by atoms with E-state index < -0.39 is 23.9 Å². The number of methoxy groups -OCH3 is 2. The number of ether oxygens (including phenoxy) is 3. The number of benzene rings is 4. The molecule has 58 heavy (non-hydrogen) atoms. The molecule has 21 heteroatoms. The Kier molecular flexibility index (Phi) is 12.0. The van der Waals surface area contributed by atoms with Crippen molar-refractivity contribution in [3.63, 3.8) is 0 Å². The first-order chi connectivity index (χ1) is 27.9. The third-order valence-corrected chi connectivity index (χ3v) is 8.17. The maximum atomic E-state index is 11.5. The summed E-state index contributed by atoms with van der Waals surface area (Å²) in [6.07, 6.45) is 0. The number of hydrogen-bond donors (Lipinski definition) is 6. The number of morpholine rings is 1. The van der Waals surface area contributed by atoms with Crippen molar-refractivity contribution in [1.29, 1.82) is 0 Å². The fourth-order valence-corrected chi connectivity index (χ4v) is 5.38. The van der Waals surface area contributed by atoms with Crippen molar-refractivity contribution in [2.24, 2.45) is 20.5 Å². The highest BCUT2D eigenvalue weighted by molar-refractivity contribution is 5.96. The molecule has 0 saturated carbocycles. The summed E-state index contributed by atoms with van der Waals surface area (Å²) in [4.78, 5) is 61.7. The van der Waals surface area contributed by atoms with E-state index in [0.717, 1.165) is 12.1 Å². The van der Waals surface area contributed by atoms with Crippen molar-refractivity contribution >= 4 is 75.8 Å². The first-order valence-corrected chi connectivity index (χ1v) is 16.9. The van der Waals surface area contributed by atoms with Crippen LogP contribution >= 0.6 is 0 Å². The molecule has 1 saturated heterocycles. The van der Waals surface area contributed by atoms with Crippen LogP contribution in [0, 0.1) is 0 Å². The van der Waals surface area contributed by atoms with E-state index in [9.17, 15) is 39.6 Å². The molecule has 0 amide bonds. The van der Waals surface area contributed by atoms with Crippen LogP contribution in [0.2, 0.25) is 0 Å². The maximum absolute atomic E-state index is 11.5. The van der Waals surface area contributed by atoms with E-state index in [-0.39, 0.29) is 45.5 Å². The van der Waals surface area contributed by atoms with Crippen LogP contribution < -0.4 is 25.0 Å². The molecule has 5 aromatic rings. The molecule has 0 aliphatic carbocycles. The number of aromatic carboxylic acids is 4. The number of anilines is 5. The molecule has 1 aliphatic rings. The van der Waals surface area contributed by atoms with E-state index in [1.54, 1.807) is 36.4 Å². The van der Waals surface area contributed by atoms with Crippen molar-refractivity contribution in [1.82, 2.24) is 15.0 Å². The molecule has 0 unspecified atom stereocenters. The second-order valence-electron chi connectivity index (χ2n) is 12.1. The predicted molar refractivity (Wildman–Crippen MR) is 204 cm³/mol. The number of nitrogens with zero attached hydrogens (tertiary/aromatic N) is 8. The summed E-state index contributed by atoms with van der Waals surface area (Å²) in [5.74, 6) is -4.04. The standard InChI is InChI=1S/C37H32N10O11/c1-56-29-17-23(43-45-25-13-19(31(48)49)11-20(14-25)32(50)51)3-5-27(29)38-35-40-36(42-37(41-35)47-7-9-58-10-8-47)39-28-6-4-24(18-30(28)57-2)44-46-26-15-21(33(52)53)12-22(16-26)34(54)55/h3-6,11-18H,7-10H2,1-2H3,(H,48,49)(H,50,51)(H,52,53)(H,54,55)(H2,38,39,40,41,42). The zero-order chi connectivity index (χ0) is 41.3. The van der Waals surface area contributed by atoms with Crippen LogP contribution in [-0.2, 0) is 4.74 Å². The molecular formula is C37H32N10O11. The number of hydrogen-bond acceptors (Lipinski definition) is 17. The van der Waals surface area contributed by atoms with Crippen LogP contribution in [0.3, 0.4) is 0 Å². The normalized spacial score (nSPS) is 12.7. The van der Waals surface area contributed by atoms with Gasteiger partial charge >= 0.3 is 23.9 Å². The van der Waals surface area contributed by atoms with Crippen molar-refractivity contribution in [2.45, 2.75) is 0 Å². The molecule has 0 spiro atoms. The average molecular weight is 793 g/mol. The fraction of sp³-hybridized carbons (Fsp3) is 0.162.